The fraction of sp³-hybridized carbons (Fsp3) is 0.250. The van der Waals surface area contributed by atoms with Crippen molar-refractivity contribution >= 4 is 17.5 Å². The van der Waals surface area contributed by atoms with Gasteiger partial charge in [-0.3, -0.25) is 4.79 Å². The van der Waals surface area contributed by atoms with Gasteiger partial charge in [-0.15, -0.1) is 6.58 Å². The van der Waals surface area contributed by atoms with Gasteiger partial charge in [0.25, 0.3) is 5.91 Å². The van der Waals surface area contributed by atoms with Crippen molar-refractivity contribution in [3.63, 3.8) is 0 Å². The number of carbonyl (C=O) groups excluding carboxylic acids is 1. The summed E-state index contributed by atoms with van der Waals surface area (Å²) >= 11 is 5.77. The van der Waals surface area contributed by atoms with Crippen LogP contribution in [0, 0.1) is 0 Å². The Hall–Kier alpha value is -1.52. The Bertz CT molecular complexity index is 407. The van der Waals surface area contributed by atoms with Gasteiger partial charge in [0, 0.05) is 17.1 Å². The van der Waals surface area contributed by atoms with Crippen LogP contribution in [0.25, 0.3) is 0 Å². The molecule has 0 saturated carbocycles. The summed E-state index contributed by atoms with van der Waals surface area (Å²) in [5.41, 5.74) is 0.550. The molecule has 1 rings (SSSR count). The zero-order chi connectivity index (χ0) is 12.7. The molecule has 1 aromatic carbocycles. The number of benzene rings is 1. The molecule has 0 aliphatic heterocycles. The zero-order valence-electron chi connectivity index (χ0n) is 9.28. The third-order valence-corrected chi connectivity index (χ3v) is 2.23. The summed E-state index contributed by atoms with van der Waals surface area (Å²) in [5, 5.41) is 12.2. The molecule has 0 unspecified atom stereocenters. The second-order valence-electron chi connectivity index (χ2n) is 3.29. The molecule has 17 heavy (non-hydrogen) atoms. The Morgan fingerprint density at radius 2 is 2.35 bits per heavy atom. The van der Waals surface area contributed by atoms with E-state index in [1.807, 2.05) is 0 Å². The Balaban J connectivity index is 2.56. The van der Waals surface area contributed by atoms with Gasteiger partial charge in [0.1, 0.15) is 5.75 Å². The van der Waals surface area contributed by atoms with Crippen LogP contribution < -0.4 is 10.1 Å². The van der Waals surface area contributed by atoms with Crippen LogP contribution in [0.2, 0.25) is 5.02 Å². The minimum absolute atomic E-state index is 0.109. The highest BCUT2D eigenvalue weighted by atomic mass is 35.5. The van der Waals surface area contributed by atoms with Crippen LogP contribution in [0.5, 0.6) is 5.75 Å². The van der Waals surface area contributed by atoms with E-state index in [9.17, 15) is 4.79 Å². The first-order valence-corrected chi connectivity index (χ1v) is 5.45. The summed E-state index contributed by atoms with van der Waals surface area (Å²) in [5.74, 6) is 0.203. The highest BCUT2D eigenvalue weighted by molar-refractivity contribution is 6.30. The van der Waals surface area contributed by atoms with Crippen molar-refractivity contribution in [2.45, 2.75) is 6.61 Å². The van der Waals surface area contributed by atoms with Gasteiger partial charge in [-0.1, -0.05) is 17.7 Å². The van der Waals surface area contributed by atoms with Gasteiger partial charge < -0.3 is 15.2 Å². The van der Waals surface area contributed by atoms with Gasteiger partial charge in [0.2, 0.25) is 0 Å². The number of rotatable bonds is 6. The van der Waals surface area contributed by atoms with E-state index >= 15 is 0 Å². The summed E-state index contributed by atoms with van der Waals surface area (Å²) in [7, 11) is 0. The SMILES string of the molecule is C=CCNC(=O)COc1ccc(Cl)cc1CO. The average molecular weight is 256 g/mol. The number of halogens is 1. The molecule has 0 saturated heterocycles. The molecular formula is C12H14ClNO3. The lowest BCUT2D eigenvalue weighted by Crippen LogP contribution is -2.28. The van der Waals surface area contributed by atoms with Gasteiger partial charge in [-0.2, -0.15) is 0 Å². The average Bonchev–Trinajstić information content (AvgIpc) is 2.34. The summed E-state index contributed by atoms with van der Waals surface area (Å²) in [6, 6.07) is 4.85. The van der Waals surface area contributed by atoms with Crippen molar-refractivity contribution < 1.29 is 14.6 Å². The molecule has 0 heterocycles. The fourth-order valence-corrected chi connectivity index (χ4v) is 1.39. The van der Waals surface area contributed by atoms with E-state index in [1.165, 1.54) is 0 Å². The number of hydrogen-bond donors (Lipinski definition) is 2. The van der Waals surface area contributed by atoms with Crippen LogP contribution in [-0.4, -0.2) is 24.2 Å². The van der Waals surface area contributed by atoms with Crippen LogP contribution >= 0.6 is 11.6 Å². The standard InChI is InChI=1S/C12H14ClNO3/c1-2-5-14-12(16)8-17-11-4-3-10(13)6-9(11)7-15/h2-4,6,15H,1,5,7-8H2,(H,14,16). The van der Waals surface area contributed by atoms with Crippen molar-refractivity contribution in [1.82, 2.24) is 5.32 Å². The number of aliphatic hydroxyl groups is 1. The van der Waals surface area contributed by atoms with Gasteiger partial charge in [0.05, 0.1) is 6.61 Å². The molecule has 0 spiro atoms. The Morgan fingerprint density at radius 3 is 3.00 bits per heavy atom. The van der Waals surface area contributed by atoms with E-state index in [-0.39, 0.29) is 19.1 Å². The normalized spacial score (nSPS) is 9.76. The highest BCUT2D eigenvalue weighted by Gasteiger charge is 2.06. The Labute approximate surface area is 105 Å². The molecule has 5 heteroatoms. The molecule has 0 fully saturated rings. The van der Waals surface area contributed by atoms with Crippen molar-refractivity contribution in [3.05, 3.63) is 41.4 Å². The van der Waals surface area contributed by atoms with E-state index in [2.05, 4.69) is 11.9 Å². The lowest BCUT2D eigenvalue weighted by Gasteiger charge is -2.10. The largest absolute Gasteiger partial charge is 0.483 e. The molecule has 2 N–H and O–H groups in total. The number of hydrogen-bond acceptors (Lipinski definition) is 3. The zero-order valence-corrected chi connectivity index (χ0v) is 10.0. The minimum atomic E-state index is -0.247. The highest BCUT2D eigenvalue weighted by Crippen LogP contribution is 2.22. The number of aliphatic hydroxyl groups excluding tert-OH is 1. The van der Waals surface area contributed by atoms with Crippen molar-refractivity contribution in [3.8, 4) is 5.75 Å². The molecule has 4 nitrogen and oxygen atoms in total. The van der Waals surface area contributed by atoms with Crippen molar-refractivity contribution in [2.24, 2.45) is 0 Å². The van der Waals surface area contributed by atoms with Gasteiger partial charge in [-0.25, -0.2) is 0 Å². The van der Waals surface area contributed by atoms with Crippen molar-refractivity contribution in [2.75, 3.05) is 13.2 Å². The third kappa shape index (κ3) is 4.46. The number of ether oxygens (including phenoxy) is 1. The first-order chi connectivity index (χ1) is 8.17. The molecule has 0 radical (unpaired) electrons. The minimum Gasteiger partial charge on any atom is -0.483 e. The van der Waals surface area contributed by atoms with E-state index in [4.69, 9.17) is 21.4 Å². The quantitative estimate of drug-likeness (QED) is 0.758. The summed E-state index contributed by atoms with van der Waals surface area (Å²) in [6.45, 7) is 3.58. The lowest BCUT2D eigenvalue weighted by atomic mass is 10.2. The number of carbonyl (C=O) groups is 1. The van der Waals surface area contributed by atoms with Crippen LogP contribution in [-0.2, 0) is 11.4 Å². The maximum Gasteiger partial charge on any atom is 0.258 e. The van der Waals surface area contributed by atoms with Gasteiger partial charge >= 0.3 is 0 Å². The summed E-state index contributed by atoms with van der Waals surface area (Å²) in [6.07, 6.45) is 1.58. The number of nitrogens with one attached hydrogen (secondary N) is 1. The molecule has 0 aromatic heterocycles. The van der Waals surface area contributed by atoms with E-state index in [1.54, 1.807) is 24.3 Å². The molecule has 0 atom stereocenters. The topological polar surface area (TPSA) is 58.6 Å². The molecule has 0 aliphatic rings. The molecular weight excluding hydrogens is 242 g/mol. The fourth-order valence-electron chi connectivity index (χ4n) is 1.19. The monoisotopic (exact) mass is 255 g/mol. The smallest absolute Gasteiger partial charge is 0.258 e. The predicted octanol–water partition coefficient (Wildman–Crippen LogP) is 1.51. The molecule has 92 valence electrons. The van der Waals surface area contributed by atoms with E-state index in [0.29, 0.717) is 22.9 Å². The number of amides is 1. The summed E-state index contributed by atoms with van der Waals surface area (Å²) in [4.78, 5) is 11.3. The molecule has 0 aliphatic carbocycles. The maximum atomic E-state index is 11.3. The summed E-state index contributed by atoms with van der Waals surface area (Å²) < 4.78 is 5.28. The Kier molecular flexibility index (Phi) is 5.52. The molecule has 0 bridgehead atoms. The lowest BCUT2D eigenvalue weighted by molar-refractivity contribution is -0.122. The third-order valence-electron chi connectivity index (χ3n) is 2.00. The maximum absolute atomic E-state index is 11.3. The van der Waals surface area contributed by atoms with Crippen LogP contribution in [0.4, 0.5) is 0 Å². The van der Waals surface area contributed by atoms with Gasteiger partial charge in [-0.05, 0) is 18.2 Å². The molecule has 1 amide bonds. The van der Waals surface area contributed by atoms with Crippen molar-refractivity contribution in [1.29, 1.82) is 0 Å². The van der Waals surface area contributed by atoms with Crippen LogP contribution in [0.3, 0.4) is 0 Å². The first-order valence-electron chi connectivity index (χ1n) is 5.07. The van der Waals surface area contributed by atoms with Crippen LogP contribution in [0.15, 0.2) is 30.9 Å². The van der Waals surface area contributed by atoms with E-state index < -0.39 is 0 Å². The predicted molar refractivity (Wildman–Crippen MR) is 66.1 cm³/mol. The second-order valence-corrected chi connectivity index (χ2v) is 3.73. The second kappa shape index (κ2) is 6.93. The first kappa shape index (κ1) is 13.5. The molecule has 1 aromatic rings. The van der Waals surface area contributed by atoms with Crippen LogP contribution in [0.1, 0.15) is 5.56 Å². The van der Waals surface area contributed by atoms with Gasteiger partial charge in [0.15, 0.2) is 6.61 Å². The Morgan fingerprint density at radius 1 is 1.59 bits per heavy atom. The van der Waals surface area contributed by atoms with E-state index in [0.717, 1.165) is 0 Å².